The Morgan fingerprint density at radius 1 is 0.740 bits per heavy atom. The van der Waals surface area contributed by atoms with Crippen molar-refractivity contribution in [2.45, 2.75) is 107 Å². The van der Waals surface area contributed by atoms with Crippen LogP contribution in [-0.4, -0.2) is 50.2 Å². The minimum absolute atomic E-state index is 0.0615. The van der Waals surface area contributed by atoms with Gasteiger partial charge in [0.1, 0.15) is 11.9 Å². The molecule has 6 nitrogen and oxygen atoms in total. The number of fused-ring (bicyclic) bond motifs is 3. The fraction of sp³-hybridized carbons (Fsp3) is 0.409. The van der Waals surface area contributed by atoms with Crippen molar-refractivity contribution in [2.75, 3.05) is 6.54 Å². The van der Waals surface area contributed by atoms with Crippen LogP contribution in [-0.2, 0) is 23.2 Å². The van der Waals surface area contributed by atoms with Crippen molar-refractivity contribution in [1.82, 2.24) is 19.4 Å². The molecule has 1 unspecified atom stereocenters. The zero-order chi connectivity index (χ0) is 33.9. The Kier molecular flexibility index (Phi) is 9.46. The molecule has 0 radical (unpaired) electrons. The van der Waals surface area contributed by atoms with Crippen LogP contribution in [0, 0.1) is 6.92 Å². The van der Waals surface area contributed by atoms with E-state index in [-0.39, 0.29) is 17.6 Å². The van der Waals surface area contributed by atoms with Crippen molar-refractivity contribution in [3.8, 4) is 0 Å². The second kappa shape index (κ2) is 14.4. The van der Waals surface area contributed by atoms with E-state index >= 15 is 0 Å². The third kappa shape index (κ3) is 6.83. The predicted molar refractivity (Wildman–Crippen MR) is 200 cm³/mol. The number of aryl methyl sites for hydroxylation is 1. The molecule has 3 heterocycles. The van der Waals surface area contributed by atoms with Gasteiger partial charge in [0.15, 0.2) is 0 Å². The molecule has 2 bridgehead atoms. The predicted octanol–water partition coefficient (Wildman–Crippen LogP) is 9.62. The molecule has 8 rings (SSSR count). The summed E-state index contributed by atoms with van der Waals surface area (Å²) in [5.41, 5.74) is 6.17. The summed E-state index contributed by atoms with van der Waals surface area (Å²) in [6.07, 6.45) is 9.75. The summed E-state index contributed by atoms with van der Waals surface area (Å²) >= 11 is 0. The van der Waals surface area contributed by atoms with Gasteiger partial charge in [-0.25, -0.2) is 9.78 Å². The van der Waals surface area contributed by atoms with Gasteiger partial charge >= 0.3 is 6.09 Å². The van der Waals surface area contributed by atoms with Crippen LogP contribution in [0.15, 0.2) is 115 Å². The number of ether oxygens (including phenoxy) is 1. The maximum absolute atomic E-state index is 13.8. The Morgan fingerprint density at radius 3 is 1.92 bits per heavy atom. The zero-order valence-corrected chi connectivity index (χ0v) is 29.4. The first kappa shape index (κ1) is 32.8. The fourth-order valence-corrected chi connectivity index (χ4v) is 9.54. The minimum Gasteiger partial charge on any atom is -0.446 e. The molecule has 3 atom stereocenters. The molecule has 50 heavy (non-hydrogen) atoms. The van der Waals surface area contributed by atoms with E-state index in [1.54, 1.807) is 0 Å². The van der Waals surface area contributed by atoms with E-state index in [2.05, 4.69) is 95.3 Å². The number of hydrogen-bond donors (Lipinski definition) is 0. The lowest BCUT2D eigenvalue weighted by Crippen LogP contribution is -2.46. The molecule has 0 N–H and O–H groups in total. The van der Waals surface area contributed by atoms with E-state index in [1.807, 2.05) is 41.3 Å². The molecular formula is C44H50N4O2. The van der Waals surface area contributed by atoms with E-state index in [0.29, 0.717) is 31.2 Å². The first-order chi connectivity index (χ1) is 24.5. The molecule has 1 saturated carbocycles. The van der Waals surface area contributed by atoms with E-state index in [0.717, 1.165) is 61.1 Å². The van der Waals surface area contributed by atoms with Gasteiger partial charge in [0, 0.05) is 31.2 Å². The van der Waals surface area contributed by atoms with Crippen LogP contribution in [0.1, 0.15) is 86.3 Å². The minimum atomic E-state index is -0.213. The Balaban J connectivity index is 0.933. The molecule has 4 aromatic carbocycles. The number of aromatic nitrogens is 2. The number of hydrogen-bond acceptors (Lipinski definition) is 4. The maximum atomic E-state index is 13.8. The van der Waals surface area contributed by atoms with Crippen LogP contribution in [0.25, 0.3) is 11.0 Å². The van der Waals surface area contributed by atoms with Crippen molar-refractivity contribution >= 4 is 17.1 Å². The number of imidazole rings is 1. The van der Waals surface area contributed by atoms with Crippen molar-refractivity contribution < 1.29 is 9.53 Å². The highest BCUT2D eigenvalue weighted by molar-refractivity contribution is 5.76. The van der Waals surface area contributed by atoms with Crippen LogP contribution < -0.4 is 0 Å². The van der Waals surface area contributed by atoms with Gasteiger partial charge < -0.3 is 9.30 Å². The first-order valence-corrected chi connectivity index (χ1v) is 18.8. The molecule has 1 amide bonds. The molecule has 2 saturated heterocycles. The summed E-state index contributed by atoms with van der Waals surface area (Å²) in [5, 5.41) is 0. The van der Waals surface area contributed by atoms with Gasteiger partial charge in [-0.05, 0) is 105 Å². The number of carbonyl (C=O) groups is 1. The highest BCUT2D eigenvalue weighted by Crippen LogP contribution is 2.46. The van der Waals surface area contributed by atoms with Gasteiger partial charge in [0.2, 0.25) is 0 Å². The van der Waals surface area contributed by atoms with Gasteiger partial charge in [-0.3, -0.25) is 9.80 Å². The van der Waals surface area contributed by atoms with Crippen LogP contribution in [0.2, 0.25) is 0 Å². The summed E-state index contributed by atoms with van der Waals surface area (Å²) < 4.78 is 8.86. The summed E-state index contributed by atoms with van der Waals surface area (Å²) in [7, 11) is 0. The van der Waals surface area contributed by atoms with Gasteiger partial charge in [0.25, 0.3) is 0 Å². The molecule has 6 heteroatoms. The van der Waals surface area contributed by atoms with Gasteiger partial charge in [-0.1, -0.05) is 103 Å². The molecule has 1 aromatic heterocycles. The first-order valence-electron chi connectivity index (χ1n) is 18.8. The summed E-state index contributed by atoms with van der Waals surface area (Å²) in [4.78, 5) is 23.4. The summed E-state index contributed by atoms with van der Waals surface area (Å²) in [6.45, 7) is 4.37. The van der Waals surface area contributed by atoms with Gasteiger partial charge in [0.05, 0.1) is 11.0 Å². The van der Waals surface area contributed by atoms with E-state index in [9.17, 15) is 4.79 Å². The monoisotopic (exact) mass is 666 g/mol. The third-order valence-corrected chi connectivity index (χ3v) is 12.1. The highest BCUT2D eigenvalue weighted by Gasteiger charge is 2.44. The molecule has 3 aliphatic rings. The van der Waals surface area contributed by atoms with Crippen molar-refractivity contribution in [2.24, 2.45) is 0 Å². The molecule has 258 valence electrons. The van der Waals surface area contributed by atoms with Crippen molar-refractivity contribution in [3.05, 3.63) is 138 Å². The number of carbonyl (C=O) groups excluding carboxylic acids is 1. The number of para-hydroxylation sites is 2. The molecule has 2 aliphatic heterocycles. The lowest BCUT2D eigenvalue weighted by atomic mass is 9.66. The molecular weight excluding hydrogens is 617 g/mol. The highest BCUT2D eigenvalue weighted by atomic mass is 16.6. The molecule has 1 aliphatic carbocycles. The molecule has 3 fully saturated rings. The average Bonchev–Trinajstić information content (AvgIpc) is 3.62. The topological polar surface area (TPSA) is 50.6 Å². The summed E-state index contributed by atoms with van der Waals surface area (Å²) in [5.74, 6) is 1.15. The normalized spacial score (nSPS) is 25.1. The number of amides is 1. The zero-order valence-electron chi connectivity index (χ0n) is 29.4. The molecule has 0 spiro atoms. The fourth-order valence-electron chi connectivity index (χ4n) is 9.54. The van der Waals surface area contributed by atoms with Crippen LogP contribution >= 0.6 is 0 Å². The second-order valence-corrected chi connectivity index (χ2v) is 15.1. The van der Waals surface area contributed by atoms with Crippen molar-refractivity contribution in [1.29, 1.82) is 0 Å². The van der Waals surface area contributed by atoms with Crippen LogP contribution in [0.3, 0.4) is 0 Å². The maximum Gasteiger partial charge on any atom is 0.410 e. The lowest BCUT2D eigenvalue weighted by molar-refractivity contribution is 0.0243. The van der Waals surface area contributed by atoms with E-state index in [4.69, 9.17) is 9.72 Å². The standard InChI is InChI=1S/C44H50N4O2/c1-33-45-41-19-11-12-20-42(41)48(33)39-29-37-21-22-38(30-39)47(37)28-27-44(36-17-9-4-10-18-36)25-23-40(24-26-44)50-43(49)46(31-34-13-5-2-6-14-34)32-35-15-7-3-8-16-35/h2-20,37-40H,21-32H2,1H3/t37-,38+,39?,40?,44?. The van der Waals surface area contributed by atoms with Crippen LogP contribution in [0.5, 0.6) is 0 Å². The average molecular weight is 667 g/mol. The molecule has 5 aromatic rings. The van der Waals surface area contributed by atoms with Gasteiger partial charge in [-0.15, -0.1) is 0 Å². The number of rotatable bonds is 10. The smallest absolute Gasteiger partial charge is 0.410 e. The van der Waals surface area contributed by atoms with Crippen LogP contribution in [0.4, 0.5) is 4.79 Å². The third-order valence-electron chi connectivity index (χ3n) is 12.1. The van der Waals surface area contributed by atoms with E-state index in [1.165, 1.54) is 36.8 Å². The number of benzene rings is 4. The SMILES string of the molecule is Cc1nc2ccccc2n1C1C[C@H]2CC[C@@H](C1)N2CCC1(c2ccccc2)CCC(OC(=O)N(Cc2ccccc2)Cc2ccccc2)CC1. The Hall–Kier alpha value is -4.42. The number of nitrogens with zero attached hydrogens (tertiary/aromatic N) is 4. The summed E-state index contributed by atoms with van der Waals surface area (Å²) in [6, 6.07) is 42.1. The second-order valence-electron chi connectivity index (χ2n) is 15.1. The number of piperidine rings is 1. The van der Waals surface area contributed by atoms with E-state index < -0.39 is 0 Å². The van der Waals surface area contributed by atoms with Crippen molar-refractivity contribution in [3.63, 3.8) is 0 Å². The Morgan fingerprint density at radius 2 is 1.30 bits per heavy atom. The Labute approximate surface area is 297 Å². The Bertz CT molecular complexity index is 1810. The lowest BCUT2D eigenvalue weighted by Gasteiger charge is -2.45. The quantitative estimate of drug-likeness (QED) is 0.149. The van der Waals surface area contributed by atoms with Gasteiger partial charge in [-0.2, -0.15) is 0 Å². The largest absolute Gasteiger partial charge is 0.446 e.